The number of fused-ring (bicyclic) bond motifs is 1. The number of urea groups is 1. The Bertz CT molecular complexity index is 1430. The molecule has 43 heavy (non-hydrogen) atoms. The number of aromatic hydroxyl groups is 1. The zero-order valence-electron chi connectivity index (χ0n) is 24.6. The summed E-state index contributed by atoms with van der Waals surface area (Å²) in [6, 6.07) is 20.5. The van der Waals surface area contributed by atoms with E-state index in [9.17, 15) is 19.5 Å². The van der Waals surface area contributed by atoms with Gasteiger partial charge in [0.1, 0.15) is 29.5 Å². The van der Waals surface area contributed by atoms with Crippen molar-refractivity contribution in [3.8, 4) is 17.2 Å². The number of hydrogen-bond acceptors (Lipinski definition) is 7. The molecule has 2 aliphatic heterocycles. The van der Waals surface area contributed by atoms with Gasteiger partial charge in [-0.2, -0.15) is 0 Å². The third kappa shape index (κ3) is 6.67. The predicted molar refractivity (Wildman–Crippen MR) is 159 cm³/mol. The lowest BCUT2D eigenvalue weighted by molar-refractivity contribution is -0.186. The summed E-state index contributed by atoms with van der Waals surface area (Å²) < 4.78 is 10.5. The van der Waals surface area contributed by atoms with E-state index in [0.29, 0.717) is 13.0 Å². The largest absolute Gasteiger partial charge is 0.508 e. The van der Waals surface area contributed by atoms with Crippen molar-refractivity contribution in [2.24, 2.45) is 0 Å². The van der Waals surface area contributed by atoms with Crippen LogP contribution in [0.25, 0.3) is 0 Å². The van der Waals surface area contributed by atoms with Gasteiger partial charge in [0.05, 0.1) is 27.3 Å². The van der Waals surface area contributed by atoms with Gasteiger partial charge in [-0.05, 0) is 59.5 Å². The second kappa shape index (κ2) is 13.0. The van der Waals surface area contributed by atoms with Crippen LogP contribution in [0.5, 0.6) is 17.2 Å². The summed E-state index contributed by atoms with van der Waals surface area (Å²) in [7, 11) is 4.91. The molecule has 0 aliphatic carbocycles. The van der Waals surface area contributed by atoms with Crippen molar-refractivity contribution in [2.45, 2.75) is 31.6 Å². The van der Waals surface area contributed by atoms with Crippen molar-refractivity contribution in [1.82, 2.24) is 25.1 Å². The molecule has 11 nitrogen and oxygen atoms in total. The second-order valence-electron chi connectivity index (χ2n) is 10.7. The van der Waals surface area contributed by atoms with Gasteiger partial charge in [0.15, 0.2) is 0 Å². The third-order valence-corrected chi connectivity index (χ3v) is 7.95. The zero-order chi connectivity index (χ0) is 30.5. The fraction of sp³-hybridized carbons (Fsp3) is 0.344. The summed E-state index contributed by atoms with van der Waals surface area (Å²) in [4.78, 5) is 44.4. The summed E-state index contributed by atoms with van der Waals surface area (Å²) in [6.07, 6.45) is 0.158. The van der Waals surface area contributed by atoms with Gasteiger partial charge in [-0.1, -0.05) is 36.4 Å². The first-order valence-electron chi connectivity index (χ1n) is 14.2. The number of hydrazine groups is 1. The SMILES string of the molecule is COc1ccc(CCN2C[C@H]3N(C(=O)CN(C)N3C(=O)NCc3ccc(OC)cc3)[C@@H](Cc3ccc(O)cc3)C2=O)cc1. The first-order valence-corrected chi connectivity index (χ1v) is 14.2. The maximum atomic E-state index is 14.0. The van der Waals surface area contributed by atoms with E-state index in [1.54, 1.807) is 65.4 Å². The van der Waals surface area contributed by atoms with Gasteiger partial charge in [-0.25, -0.2) is 14.8 Å². The van der Waals surface area contributed by atoms with E-state index in [2.05, 4.69) is 5.32 Å². The van der Waals surface area contributed by atoms with Crippen LogP contribution in [-0.2, 0) is 29.0 Å². The van der Waals surface area contributed by atoms with Gasteiger partial charge in [0.2, 0.25) is 11.8 Å². The standard InChI is InChI=1S/C32H37N5O6/c1-34-21-30(39)36-28(18-23-4-10-25(38)11-5-23)31(40)35(17-16-22-6-12-26(42-2)13-7-22)20-29(36)37(34)32(41)33-19-24-8-14-27(43-3)15-9-24/h4-15,28-29,38H,16-21H2,1-3H3,(H,33,41)/t28-,29-/m0/s1. The van der Waals surface area contributed by atoms with E-state index < -0.39 is 12.2 Å². The van der Waals surface area contributed by atoms with E-state index in [1.807, 2.05) is 48.5 Å². The fourth-order valence-corrected chi connectivity index (χ4v) is 5.62. The minimum absolute atomic E-state index is 0.0440. The number of carbonyl (C=O) groups is 3. The molecule has 2 fully saturated rings. The van der Waals surface area contributed by atoms with E-state index >= 15 is 0 Å². The van der Waals surface area contributed by atoms with Gasteiger partial charge in [0.25, 0.3) is 0 Å². The number of phenolic OH excluding ortho intramolecular Hbond substituents is 1. The van der Waals surface area contributed by atoms with Crippen LogP contribution < -0.4 is 14.8 Å². The highest BCUT2D eigenvalue weighted by molar-refractivity contribution is 5.91. The molecule has 226 valence electrons. The van der Waals surface area contributed by atoms with Gasteiger partial charge >= 0.3 is 6.03 Å². The maximum Gasteiger partial charge on any atom is 0.334 e. The Kier molecular flexibility index (Phi) is 9.01. The molecule has 2 atom stereocenters. The van der Waals surface area contributed by atoms with Crippen LogP contribution in [-0.4, -0.2) is 95.9 Å². The number of amides is 4. The smallest absolute Gasteiger partial charge is 0.334 e. The summed E-state index contributed by atoms with van der Waals surface area (Å²) in [6.45, 7) is 0.830. The number of carbonyl (C=O) groups excluding carboxylic acids is 3. The quantitative estimate of drug-likeness (QED) is 0.396. The molecule has 3 aromatic carbocycles. The number of rotatable bonds is 9. The Labute approximate surface area is 251 Å². The van der Waals surface area contributed by atoms with Crippen LogP contribution >= 0.6 is 0 Å². The molecular formula is C32H37N5O6. The minimum Gasteiger partial charge on any atom is -0.508 e. The molecule has 0 unspecified atom stereocenters. The Morgan fingerprint density at radius 2 is 1.47 bits per heavy atom. The van der Waals surface area contributed by atoms with Gasteiger partial charge in [-0.3, -0.25) is 9.59 Å². The van der Waals surface area contributed by atoms with Crippen molar-refractivity contribution < 1.29 is 29.0 Å². The van der Waals surface area contributed by atoms with E-state index in [0.717, 1.165) is 28.2 Å². The first-order chi connectivity index (χ1) is 20.8. The lowest BCUT2D eigenvalue weighted by Gasteiger charge is -2.54. The number of benzene rings is 3. The Balaban J connectivity index is 1.39. The Hall–Kier alpha value is -4.77. The lowest BCUT2D eigenvalue weighted by Crippen LogP contribution is -2.76. The maximum absolute atomic E-state index is 14.0. The van der Waals surface area contributed by atoms with Gasteiger partial charge in [-0.15, -0.1) is 0 Å². The summed E-state index contributed by atoms with van der Waals surface area (Å²) in [5.41, 5.74) is 2.73. The molecule has 5 rings (SSSR count). The second-order valence-corrected chi connectivity index (χ2v) is 10.7. The molecular weight excluding hydrogens is 550 g/mol. The van der Waals surface area contributed by atoms with Crippen LogP contribution in [0.4, 0.5) is 4.79 Å². The van der Waals surface area contributed by atoms with Gasteiger partial charge < -0.3 is 29.7 Å². The van der Waals surface area contributed by atoms with E-state index in [4.69, 9.17) is 9.47 Å². The number of hydrogen-bond donors (Lipinski definition) is 2. The van der Waals surface area contributed by atoms with Gasteiger partial charge in [0, 0.05) is 26.6 Å². The Morgan fingerprint density at radius 3 is 2.07 bits per heavy atom. The third-order valence-electron chi connectivity index (χ3n) is 7.95. The van der Waals surface area contributed by atoms with Crippen LogP contribution in [0, 0.1) is 0 Å². The average Bonchev–Trinajstić information content (AvgIpc) is 3.02. The topological polar surface area (TPSA) is 115 Å². The number of ether oxygens (including phenoxy) is 2. The van der Waals surface area contributed by atoms with Crippen LogP contribution in [0.1, 0.15) is 16.7 Å². The number of likely N-dealkylation sites (N-methyl/N-ethyl adjacent to an activating group) is 1. The van der Waals surface area contributed by atoms with Crippen LogP contribution in [0.2, 0.25) is 0 Å². The molecule has 11 heteroatoms. The summed E-state index contributed by atoms with van der Waals surface area (Å²) >= 11 is 0. The van der Waals surface area contributed by atoms with Crippen molar-refractivity contribution in [1.29, 1.82) is 0 Å². The Morgan fingerprint density at radius 1 is 0.884 bits per heavy atom. The lowest BCUT2D eigenvalue weighted by atomic mass is 9.98. The predicted octanol–water partition coefficient (Wildman–Crippen LogP) is 2.63. The van der Waals surface area contributed by atoms with Crippen LogP contribution in [0.15, 0.2) is 72.8 Å². The van der Waals surface area contributed by atoms with Crippen molar-refractivity contribution in [3.63, 3.8) is 0 Å². The number of nitrogens with one attached hydrogen (secondary N) is 1. The molecule has 3 aromatic rings. The molecule has 2 saturated heterocycles. The highest BCUT2D eigenvalue weighted by atomic mass is 16.5. The molecule has 0 spiro atoms. The number of phenols is 1. The molecule has 0 radical (unpaired) electrons. The molecule has 2 aliphatic rings. The number of nitrogens with zero attached hydrogens (tertiary/aromatic N) is 4. The molecule has 4 amide bonds. The number of methoxy groups -OCH3 is 2. The average molecular weight is 588 g/mol. The fourth-order valence-electron chi connectivity index (χ4n) is 5.62. The molecule has 0 bridgehead atoms. The molecule has 0 saturated carbocycles. The monoisotopic (exact) mass is 587 g/mol. The summed E-state index contributed by atoms with van der Waals surface area (Å²) in [5.74, 6) is 1.20. The van der Waals surface area contributed by atoms with Crippen LogP contribution in [0.3, 0.4) is 0 Å². The number of piperazine rings is 1. The van der Waals surface area contributed by atoms with E-state index in [-0.39, 0.29) is 49.7 Å². The van der Waals surface area contributed by atoms with Crippen molar-refractivity contribution >= 4 is 17.8 Å². The summed E-state index contributed by atoms with van der Waals surface area (Å²) in [5, 5.41) is 15.9. The molecule has 2 N–H and O–H groups in total. The molecule has 2 heterocycles. The van der Waals surface area contributed by atoms with E-state index in [1.165, 1.54) is 0 Å². The molecule has 0 aromatic heterocycles. The normalized spacial score (nSPS) is 18.8. The highest BCUT2D eigenvalue weighted by Crippen LogP contribution is 2.28. The first kappa shape index (κ1) is 29.7. The van der Waals surface area contributed by atoms with Crippen molar-refractivity contribution in [2.75, 3.05) is 40.9 Å². The minimum atomic E-state index is -0.808. The van der Waals surface area contributed by atoms with Crippen molar-refractivity contribution in [3.05, 3.63) is 89.5 Å². The highest BCUT2D eigenvalue weighted by Gasteiger charge is 2.50. The zero-order valence-corrected chi connectivity index (χ0v) is 24.6.